The van der Waals surface area contributed by atoms with Crippen LogP contribution in [-0.2, 0) is 4.79 Å². The van der Waals surface area contributed by atoms with Crippen molar-refractivity contribution in [2.75, 3.05) is 6.61 Å². The topological polar surface area (TPSA) is 43.4 Å². The summed E-state index contributed by atoms with van der Waals surface area (Å²) in [6.45, 7) is 3.94. The molecule has 0 fully saturated rings. The predicted octanol–water partition coefficient (Wildman–Crippen LogP) is 2.25. The van der Waals surface area contributed by atoms with Crippen molar-refractivity contribution in [3.8, 4) is 5.75 Å². The SMILES string of the molecule is CCCOc1ccc(C(=O)C(C)=O)cc1. The van der Waals surface area contributed by atoms with E-state index in [0.29, 0.717) is 12.2 Å². The number of rotatable bonds is 5. The zero-order chi connectivity index (χ0) is 11.3. The lowest BCUT2D eigenvalue weighted by molar-refractivity contribution is -0.113. The highest BCUT2D eigenvalue weighted by atomic mass is 16.5. The molecule has 0 heterocycles. The molecule has 80 valence electrons. The average Bonchev–Trinajstić information content (AvgIpc) is 2.26. The standard InChI is InChI=1S/C12H14O3/c1-3-8-15-11-6-4-10(5-7-11)12(14)9(2)13/h4-7H,3,8H2,1-2H3. The van der Waals surface area contributed by atoms with Crippen molar-refractivity contribution in [3.05, 3.63) is 29.8 Å². The summed E-state index contributed by atoms with van der Waals surface area (Å²) in [6, 6.07) is 6.61. The van der Waals surface area contributed by atoms with Gasteiger partial charge in [-0.3, -0.25) is 9.59 Å². The van der Waals surface area contributed by atoms with Crippen LogP contribution in [0.3, 0.4) is 0 Å². The predicted molar refractivity (Wildman–Crippen MR) is 57.2 cm³/mol. The molecule has 0 N–H and O–H groups in total. The summed E-state index contributed by atoms with van der Waals surface area (Å²) in [5, 5.41) is 0. The summed E-state index contributed by atoms with van der Waals surface area (Å²) in [6.07, 6.45) is 0.939. The second-order valence-electron chi connectivity index (χ2n) is 3.26. The van der Waals surface area contributed by atoms with Gasteiger partial charge in [-0.25, -0.2) is 0 Å². The Morgan fingerprint density at radius 2 is 1.80 bits per heavy atom. The first-order valence-electron chi connectivity index (χ1n) is 4.93. The fraction of sp³-hybridized carbons (Fsp3) is 0.333. The molecular formula is C12H14O3. The van der Waals surface area contributed by atoms with Crippen molar-refractivity contribution in [2.45, 2.75) is 20.3 Å². The number of benzene rings is 1. The van der Waals surface area contributed by atoms with Gasteiger partial charge in [0.25, 0.3) is 0 Å². The van der Waals surface area contributed by atoms with Crippen molar-refractivity contribution in [1.82, 2.24) is 0 Å². The van der Waals surface area contributed by atoms with Gasteiger partial charge in [-0.05, 0) is 30.7 Å². The fourth-order valence-electron chi connectivity index (χ4n) is 1.13. The zero-order valence-electron chi connectivity index (χ0n) is 8.95. The molecule has 3 heteroatoms. The lowest BCUT2D eigenvalue weighted by atomic mass is 10.1. The van der Waals surface area contributed by atoms with Gasteiger partial charge in [0.1, 0.15) is 5.75 Å². The van der Waals surface area contributed by atoms with E-state index in [1.54, 1.807) is 24.3 Å². The van der Waals surface area contributed by atoms with Crippen LogP contribution in [0, 0.1) is 0 Å². The minimum absolute atomic E-state index is 0.409. The third-order valence-corrected chi connectivity index (χ3v) is 1.91. The summed E-state index contributed by atoms with van der Waals surface area (Å²) in [7, 11) is 0. The molecule has 0 saturated carbocycles. The summed E-state index contributed by atoms with van der Waals surface area (Å²) in [5.41, 5.74) is 0.409. The van der Waals surface area contributed by atoms with Crippen molar-refractivity contribution in [2.24, 2.45) is 0 Å². The van der Waals surface area contributed by atoms with Gasteiger partial charge >= 0.3 is 0 Å². The number of hydrogen-bond donors (Lipinski definition) is 0. The van der Waals surface area contributed by atoms with Gasteiger partial charge in [0, 0.05) is 12.5 Å². The van der Waals surface area contributed by atoms with Gasteiger partial charge in [0.15, 0.2) is 5.78 Å². The number of ketones is 2. The number of Topliss-reactive ketones (excluding diaryl/α,β-unsaturated/α-hetero) is 2. The second kappa shape index (κ2) is 5.29. The maximum absolute atomic E-state index is 11.3. The highest BCUT2D eigenvalue weighted by Gasteiger charge is 2.10. The zero-order valence-corrected chi connectivity index (χ0v) is 8.95. The molecule has 0 radical (unpaired) electrons. The molecule has 0 saturated heterocycles. The van der Waals surface area contributed by atoms with E-state index in [1.165, 1.54) is 6.92 Å². The number of ether oxygens (including phenoxy) is 1. The van der Waals surface area contributed by atoms with Crippen molar-refractivity contribution in [1.29, 1.82) is 0 Å². The van der Waals surface area contributed by atoms with E-state index in [-0.39, 0.29) is 0 Å². The lowest BCUT2D eigenvalue weighted by Gasteiger charge is -2.04. The van der Waals surface area contributed by atoms with Gasteiger partial charge < -0.3 is 4.74 Å². The third-order valence-electron chi connectivity index (χ3n) is 1.91. The first kappa shape index (κ1) is 11.4. The Hall–Kier alpha value is -1.64. The maximum Gasteiger partial charge on any atom is 0.228 e. The second-order valence-corrected chi connectivity index (χ2v) is 3.26. The van der Waals surface area contributed by atoms with Crippen molar-refractivity contribution >= 4 is 11.6 Å². The lowest BCUT2D eigenvalue weighted by Crippen LogP contribution is -2.09. The minimum atomic E-state index is -0.461. The molecule has 0 aromatic heterocycles. The van der Waals surface area contributed by atoms with E-state index in [0.717, 1.165) is 12.2 Å². The van der Waals surface area contributed by atoms with E-state index in [9.17, 15) is 9.59 Å². The highest BCUT2D eigenvalue weighted by molar-refractivity contribution is 6.42. The molecule has 0 bridgehead atoms. The quantitative estimate of drug-likeness (QED) is 0.548. The summed E-state index contributed by atoms with van der Waals surface area (Å²) >= 11 is 0. The van der Waals surface area contributed by atoms with Crippen LogP contribution in [0.15, 0.2) is 24.3 Å². The van der Waals surface area contributed by atoms with Crippen LogP contribution in [0.2, 0.25) is 0 Å². The molecule has 0 amide bonds. The maximum atomic E-state index is 11.3. The molecule has 1 aromatic rings. The van der Waals surface area contributed by atoms with Crippen LogP contribution in [-0.4, -0.2) is 18.2 Å². The molecule has 0 aliphatic heterocycles. The Balaban J connectivity index is 2.72. The summed E-state index contributed by atoms with van der Waals surface area (Å²) in [5.74, 6) is -0.189. The van der Waals surface area contributed by atoms with Crippen LogP contribution in [0.1, 0.15) is 30.6 Å². The highest BCUT2D eigenvalue weighted by Crippen LogP contribution is 2.12. The minimum Gasteiger partial charge on any atom is -0.494 e. The molecule has 15 heavy (non-hydrogen) atoms. The van der Waals surface area contributed by atoms with E-state index in [4.69, 9.17) is 4.74 Å². The third kappa shape index (κ3) is 3.20. The fourth-order valence-corrected chi connectivity index (χ4v) is 1.13. The Kier molecular flexibility index (Phi) is 4.03. The van der Waals surface area contributed by atoms with Crippen LogP contribution in [0.25, 0.3) is 0 Å². The van der Waals surface area contributed by atoms with Crippen molar-refractivity contribution < 1.29 is 14.3 Å². The van der Waals surface area contributed by atoms with Gasteiger partial charge in [-0.15, -0.1) is 0 Å². The molecule has 0 unspecified atom stereocenters. The van der Waals surface area contributed by atoms with E-state index < -0.39 is 11.6 Å². The normalized spacial score (nSPS) is 9.73. The molecule has 0 atom stereocenters. The van der Waals surface area contributed by atoms with Crippen LogP contribution >= 0.6 is 0 Å². The van der Waals surface area contributed by atoms with Crippen LogP contribution < -0.4 is 4.74 Å². The Morgan fingerprint density at radius 3 is 2.27 bits per heavy atom. The summed E-state index contributed by atoms with van der Waals surface area (Å²) < 4.78 is 5.35. The molecular weight excluding hydrogens is 192 g/mol. The molecule has 1 aromatic carbocycles. The first-order chi connectivity index (χ1) is 7.15. The van der Waals surface area contributed by atoms with Gasteiger partial charge in [0.2, 0.25) is 5.78 Å². The molecule has 3 nitrogen and oxygen atoms in total. The smallest absolute Gasteiger partial charge is 0.228 e. The van der Waals surface area contributed by atoms with E-state index in [1.807, 2.05) is 6.92 Å². The summed E-state index contributed by atoms with van der Waals surface area (Å²) in [4.78, 5) is 22.1. The van der Waals surface area contributed by atoms with E-state index >= 15 is 0 Å². The van der Waals surface area contributed by atoms with E-state index in [2.05, 4.69) is 0 Å². The largest absolute Gasteiger partial charge is 0.494 e. The Labute approximate surface area is 89.1 Å². The number of carbonyl (C=O) groups excluding carboxylic acids is 2. The Bertz CT molecular complexity index is 352. The number of hydrogen-bond acceptors (Lipinski definition) is 3. The number of carbonyl (C=O) groups is 2. The van der Waals surface area contributed by atoms with Crippen LogP contribution in [0.5, 0.6) is 5.75 Å². The molecule has 0 aliphatic carbocycles. The molecule has 1 rings (SSSR count). The van der Waals surface area contributed by atoms with Gasteiger partial charge in [-0.2, -0.15) is 0 Å². The van der Waals surface area contributed by atoms with Gasteiger partial charge in [0.05, 0.1) is 6.61 Å². The monoisotopic (exact) mass is 206 g/mol. The Morgan fingerprint density at radius 1 is 1.20 bits per heavy atom. The molecule has 0 aliphatic rings. The first-order valence-corrected chi connectivity index (χ1v) is 4.93. The van der Waals surface area contributed by atoms with Crippen molar-refractivity contribution in [3.63, 3.8) is 0 Å². The average molecular weight is 206 g/mol. The van der Waals surface area contributed by atoms with Gasteiger partial charge in [-0.1, -0.05) is 6.92 Å². The van der Waals surface area contributed by atoms with Crippen LogP contribution in [0.4, 0.5) is 0 Å². The molecule has 0 spiro atoms.